The molecule has 2 heteroatoms. The van der Waals surface area contributed by atoms with Gasteiger partial charge in [-0.15, -0.1) is 0 Å². The maximum absolute atomic E-state index is 3.81. The molecule has 2 fully saturated rings. The highest BCUT2D eigenvalue weighted by molar-refractivity contribution is 4.96. The van der Waals surface area contributed by atoms with Crippen LogP contribution >= 0.6 is 0 Å². The van der Waals surface area contributed by atoms with E-state index in [0.717, 1.165) is 6.54 Å². The first-order valence-electron chi connectivity index (χ1n) is 5.79. The van der Waals surface area contributed by atoms with Crippen LogP contribution in [-0.4, -0.2) is 24.7 Å². The van der Waals surface area contributed by atoms with E-state index < -0.39 is 0 Å². The maximum Gasteiger partial charge on any atom is 0.0309 e. The molecule has 2 N–H and O–H groups in total. The molecule has 0 amide bonds. The number of hydrogen-bond acceptors (Lipinski definition) is 2. The summed E-state index contributed by atoms with van der Waals surface area (Å²) in [4.78, 5) is 0. The summed E-state index contributed by atoms with van der Waals surface area (Å²) in [6.45, 7) is 4.62. The van der Waals surface area contributed by atoms with Gasteiger partial charge in [-0.05, 0) is 19.8 Å². The summed E-state index contributed by atoms with van der Waals surface area (Å²) in [5.41, 5.74) is 0.453. The minimum absolute atomic E-state index is 0.453. The van der Waals surface area contributed by atoms with Crippen molar-refractivity contribution in [2.45, 2.75) is 57.0 Å². The van der Waals surface area contributed by atoms with Crippen LogP contribution < -0.4 is 10.6 Å². The van der Waals surface area contributed by atoms with Crippen molar-refractivity contribution in [3.05, 3.63) is 0 Å². The molecule has 0 radical (unpaired) electrons. The van der Waals surface area contributed by atoms with Crippen LogP contribution in [0, 0.1) is 0 Å². The molecule has 1 heterocycles. The number of rotatable bonds is 0. The molecule has 0 aromatic rings. The second-order valence-electron chi connectivity index (χ2n) is 4.87. The number of hydrogen-bond donors (Lipinski definition) is 2. The highest BCUT2D eigenvalue weighted by Gasteiger charge is 2.33. The van der Waals surface area contributed by atoms with Crippen molar-refractivity contribution >= 4 is 0 Å². The van der Waals surface area contributed by atoms with Crippen LogP contribution in [0.4, 0.5) is 0 Å². The average molecular weight is 182 g/mol. The molecular weight excluding hydrogens is 160 g/mol. The first-order chi connectivity index (χ1) is 6.31. The minimum atomic E-state index is 0.453. The summed E-state index contributed by atoms with van der Waals surface area (Å²) < 4.78 is 0. The van der Waals surface area contributed by atoms with Gasteiger partial charge in [-0.1, -0.05) is 25.7 Å². The Morgan fingerprint density at radius 2 is 1.77 bits per heavy atom. The van der Waals surface area contributed by atoms with Crippen LogP contribution in [0.15, 0.2) is 0 Å². The van der Waals surface area contributed by atoms with Crippen molar-refractivity contribution in [2.24, 2.45) is 0 Å². The largest absolute Gasteiger partial charge is 0.313 e. The molecule has 1 saturated carbocycles. The van der Waals surface area contributed by atoms with Crippen molar-refractivity contribution in [1.82, 2.24) is 10.6 Å². The molecule has 1 saturated heterocycles. The molecule has 1 aliphatic carbocycles. The van der Waals surface area contributed by atoms with Crippen molar-refractivity contribution in [3.8, 4) is 0 Å². The molecule has 76 valence electrons. The Balaban J connectivity index is 1.99. The van der Waals surface area contributed by atoms with Gasteiger partial charge in [0.2, 0.25) is 0 Å². The third-order valence-corrected chi connectivity index (χ3v) is 3.53. The summed E-state index contributed by atoms with van der Waals surface area (Å²) in [6.07, 6.45) is 8.48. The molecule has 0 unspecified atom stereocenters. The molecule has 0 aromatic heterocycles. The van der Waals surface area contributed by atoms with Crippen molar-refractivity contribution in [3.63, 3.8) is 0 Å². The van der Waals surface area contributed by atoms with Crippen LogP contribution in [0.5, 0.6) is 0 Å². The van der Waals surface area contributed by atoms with E-state index in [1.54, 1.807) is 0 Å². The van der Waals surface area contributed by atoms with Gasteiger partial charge in [0.15, 0.2) is 0 Å². The van der Waals surface area contributed by atoms with Gasteiger partial charge in [0.25, 0.3) is 0 Å². The van der Waals surface area contributed by atoms with Gasteiger partial charge in [0.1, 0.15) is 0 Å². The molecular formula is C11H22N2. The lowest BCUT2D eigenvalue weighted by Gasteiger charge is -2.41. The lowest BCUT2D eigenvalue weighted by atomic mass is 9.87. The van der Waals surface area contributed by atoms with E-state index >= 15 is 0 Å². The van der Waals surface area contributed by atoms with E-state index in [0.29, 0.717) is 11.6 Å². The topological polar surface area (TPSA) is 24.1 Å². The summed E-state index contributed by atoms with van der Waals surface area (Å²) in [7, 11) is 0. The van der Waals surface area contributed by atoms with Gasteiger partial charge < -0.3 is 10.6 Å². The molecule has 2 rings (SSSR count). The average Bonchev–Trinajstić information content (AvgIpc) is 2.31. The standard InChI is InChI=1S/C11H22N2/c1-10-8-12-9-11(13-10)6-4-2-3-5-7-11/h10,12-13H,2-9H2,1H3/t10-/m1/s1. The Labute approximate surface area is 81.5 Å². The molecule has 13 heavy (non-hydrogen) atoms. The summed E-state index contributed by atoms with van der Waals surface area (Å²) in [5, 5.41) is 7.37. The van der Waals surface area contributed by atoms with E-state index in [1.807, 2.05) is 0 Å². The Morgan fingerprint density at radius 1 is 1.08 bits per heavy atom. The van der Waals surface area contributed by atoms with Gasteiger partial charge in [-0.25, -0.2) is 0 Å². The molecule has 2 aliphatic rings. The molecule has 1 aliphatic heterocycles. The van der Waals surface area contributed by atoms with Crippen molar-refractivity contribution in [1.29, 1.82) is 0 Å². The predicted octanol–water partition coefficient (Wildman–Crippen LogP) is 1.66. The Kier molecular flexibility index (Phi) is 2.89. The number of piperazine rings is 1. The zero-order chi connectivity index (χ0) is 9.15. The lowest BCUT2D eigenvalue weighted by molar-refractivity contribution is 0.206. The highest BCUT2D eigenvalue weighted by Crippen LogP contribution is 2.28. The van der Waals surface area contributed by atoms with Crippen LogP contribution in [0.1, 0.15) is 45.4 Å². The third kappa shape index (κ3) is 2.23. The minimum Gasteiger partial charge on any atom is -0.313 e. The highest BCUT2D eigenvalue weighted by atomic mass is 15.1. The normalized spacial score (nSPS) is 34.4. The fourth-order valence-corrected chi connectivity index (χ4v) is 2.88. The predicted molar refractivity (Wildman–Crippen MR) is 55.9 cm³/mol. The van der Waals surface area contributed by atoms with E-state index in [9.17, 15) is 0 Å². The maximum atomic E-state index is 3.81. The molecule has 0 aromatic carbocycles. The van der Waals surface area contributed by atoms with E-state index in [4.69, 9.17) is 0 Å². The second kappa shape index (κ2) is 3.97. The molecule has 1 spiro atoms. The summed E-state index contributed by atoms with van der Waals surface area (Å²) in [6, 6.07) is 0.659. The van der Waals surface area contributed by atoms with Crippen LogP contribution in [0.3, 0.4) is 0 Å². The van der Waals surface area contributed by atoms with Crippen LogP contribution in [0.2, 0.25) is 0 Å². The van der Waals surface area contributed by atoms with Gasteiger partial charge in [-0.3, -0.25) is 0 Å². The monoisotopic (exact) mass is 182 g/mol. The molecule has 2 nitrogen and oxygen atoms in total. The zero-order valence-corrected chi connectivity index (χ0v) is 8.73. The van der Waals surface area contributed by atoms with Crippen LogP contribution in [-0.2, 0) is 0 Å². The zero-order valence-electron chi connectivity index (χ0n) is 8.73. The fourth-order valence-electron chi connectivity index (χ4n) is 2.88. The quantitative estimate of drug-likeness (QED) is 0.595. The van der Waals surface area contributed by atoms with E-state index in [-0.39, 0.29) is 0 Å². The van der Waals surface area contributed by atoms with Gasteiger partial charge in [-0.2, -0.15) is 0 Å². The Hall–Kier alpha value is -0.0800. The number of nitrogens with one attached hydrogen (secondary N) is 2. The van der Waals surface area contributed by atoms with Crippen molar-refractivity contribution < 1.29 is 0 Å². The van der Waals surface area contributed by atoms with E-state index in [1.165, 1.54) is 45.1 Å². The third-order valence-electron chi connectivity index (χ3n) is 3.53. The van der Waals surface area contributed by atoms with Gasteiger partial charge in [0.05, 0.1) is 0 Å². The lowest BCUT2D eigenvalue weighted by Crippen LogP contribution is -2.62. The summed E-state index contributed by atoms with van der Waals surface area (Å²) >= 11 is 0. The Morgan fingerprint density at radius 3 is 2.38 bits per heavy atom. The van der Waals surface area contributed by atoms with Gasteiger partial charge >= 0.3 is 0 Å². The SMILES string of the molecule is C[C@@H]1CNCC2(CCCCCC2)N1. The first kappa shape index (κ1) is 9.47. The van der Waals surface area contributed by atoms with Gasteiger partial charge in [0, 0.05) is 24.7 Å². The van der Waals surface area contributed by atoms with E-state index in [2.05, 4.69) is 17.6 Å². The first-order valence-corrected chi connectivity index (χ1v) is 5.79. The smallest absolute Gasteiger partial charge is 0.0309 e. The Bertz CT molecular complexity index is 159. The fraction of sp³-hybridized carbons (Fsp3) is 1.00. The second-order valence-corrected chi connectivity index (χ2v) is 4.87. The molecule has 1 atom stereocenters. The summed E-state index contributed by atoms with van der Waals surface area (Å²) in [5.74, 6) is 0. The van der Waals surface area contributed by atoms with Crippen molar-refractivity contribution in [2.75, 3.05) is 13.1 Å². The molecule has 0 bridgehead atoms. The van der Waals surface area contributed by atoms with Crippen LogP contribution in [0.25, 0.3) is 0 Å².